The molecular weight excluding hydrogens is 200 g/mol. The maximum absolute atomic E-state index is 11.8. The molecule has 0 spiro atoms. The summed E-state index contributed by atoms with van der Waals surface area (Å²) in [6.07, 6.45) is 2.55. The van der Waals surface area contributed by atoms with E-state index < -0.39 is 0 Å². The van der Waals surface area contributed by atoms with E-state index >= 15 is 0 Å². The number of carbonyl (C=O) groups is 1. The quantitative estimate of drug-likeness (QED) is 0.560. The molecule has 3 N–H and O–H groups in total. The zero-order chi connectivity index (χ0) is 11.8. The molecule has 86 valence electrons. The number of nitrogens with two attached hydrogens (primary N) is 1. The third-order valence-corrected chi connectivity index (χ3v) is 2.40. The van der Waals surface area contributed by atoms with Gasteiger partial charge in [0.25, 0.3) is 0 Å². The monoisotopic (exact) mass is 218 g/mol. The van der Waals surface area contributed by atoms with Crippen LogP contribution in [-0.2, 0) is 4.79 Å². The maximum atomic E-state index is 11.8. The summed E-state index contributed by atoms with van der Waals surface area (Å²) in [7, 11) is 0. The van der Waals surface area contributed by atoms with Crippen molar-refractivity contribution in [2.45, 2.75) is 12.3 Å². The Labute approximate surface area is 96.3 Å². The van der Waals surface area contributed by atoms with Gasteiger partial charge >= 0.3 is 0 Å². The van der Waals surface area contributed by atoms with E-state index in [1.54, 1.807) is 6.08 Å². The predicted octanol–water partition coefficient (Wildman–Crippen LogP) is 1.42. The number of rotatable bonds is 6. The van der Waals surface area contributed by atoms with Crippen molar-refractivity contribution in [1.29, 1.82) is 0 Å². The van der Waals surface area contributed by atoms with Gasteiger partial charge in [0.2, 0.25) is 5.91 Å². The lowest BCUT2D eigenvalue weighted by Crippen LogP contribution is -2.33. The SMILES string of the molecule is C=CCCNC(=O)C(CN)c1ccccc1. The van der Waals surface area contributed by atoms with E-state index in [0.29, 0.717) is 13.1 Å². The minimum Gasteiger partial charge on any atom is -0.355 e. The van der Waals surface area contributed by atoms with Crippen LogP contribution in [0.4, 0.5) is 0 Å². The van der Waals surface area contributed by atoms with Crippen molar-refractivity contribution in [3.8, 4) is 0 Å². The minimum atomic E-state index is -0.258. The fraction of sp³-hybridized carbons (Fsp3) is 0.308. The first-order valence-corrected chi connectivity index (χ1v) is 5.43. The normalized spacial score (nSPS) is 11.8. The Kier molecular flexibility index (Phi) is 5.29. The van der Waals surface area contributed by atoms with Crippen LogP contribution in [0.25, 0.3) is 0 Å². The second kappa shape index (κ2) is 6.80. The fourth-order valence-corrected chi connectivity index (χ4v) is 1.50. The van der Waals surface area contributed by atoms with E-state index in [-0.39, 0.29) is 11.8 Å². The third-order valence-electron chi connectivity index (χ3n) is 2.40. The van der Waals surface area contributed by atoms with Crippen LogP contribution in [-0.4, -0.2) is 19.0 Å². The molecule has 1 unspecified atom stereocenters. The van der Waals surface area contributed by atoms with Gasteiger partial charge in [-0.25, -0.2) is 0 Å². The van der Waals surface area contributed by atoms with Crippen LogP contribution >= 0.6 is 0 Å². The van der Waals surface area contributed by atoms with Gasteiger partial charge in [-0.15, -0.1) is 6.58 Å². The Morgan fingerprint density at radius 1 is 1.44 bits per heavy atom. The molecule has 3 nitrogen and oxygen atoms in total. The largest absolute Gasteiger partial charge is 0.355 e. The third kappa shape index (κ3) is 3.51. The van der Waals surface area contributed by atoms with Gasteiger partial charge in [-0.1, -0.05) is 36.4 Å². The second-order valence-electron chi connectivity index (χ2n) is 3.57. The number of nitrogens with one attached hydrogen (secondary N) is 1. The average molecular weight is 218 g/mol. The lowest BCUT2D eigenvalue weighted by molar-refractivity contribution is -0.122. The van der Waals surface area contributed by atoms with Crippen LogP contribution in [0.1, 0.15) is 17.9 Å². The highest BCUT2D eigenvalue weighted by Gasteiger charge is 2.17. The van der Waals surface area contributed by atoms with E-state index in [0.717, 1.165) is 12.0 Å². The molecule has 1 rings (SSSR count). The lowest BCUT2D eigenvalue weighted by atomic mass is 9.98. The van der Waals surface area contributed by atoms with Crippen molar-refractivity contribution in [2.24, 2.45) is 5.73 Å². The van der Waals surface area contributed by atoms with Gasteiger partial charge in [0.05, 0.1) is 5.92 Å². The molecule has 0 saturated carbocycles. The molecule has 1 amide bonds. The Hall–Kier alpha value is -1.61. The Bertz CT molecular complexity index is 335. The summed E-state index contributed by atoms with van der Waals surface area (Å²) in [6, 6.07) is 9.59. The molecule has 0 aliphatic rings. The molecule has 16 heavy (non-hydrogen) atoms. The highest BCUT2D eigenvalue weighted by atomic mass is 16.1. The van der Waals surface area contributed by atoms with Crippen LogP contribution in [0.3, 0.4) is 0 Å². The summed E-state index contributed by atoms with van der Waals surface area (Å²) < 4.78 is 0. The number of hydrogen-bond donors (Lipinski definition) is 2. The first kappa shape index (κ1) is 12.5. The van der Waals surface area contributed by atoms with Crippen molar-refractivity contribution in [3.63, 3.8) is 0 Å². The predicted molar refractivity (Wildman–Crippen MR) is 66.1 cm³/mol. The van der Waals surface area contributed by atoms with Crippen LogP contribution in [0, 0.1) is 0 Å². The molecule has 1 aromatic rings. The molecule has 0 radical (unpaired) electrons. The summed E-state index contributed by atoms with van der Waals surface area (Å²) in [4.78, 5) is 11.8. The smallest absolute Gasteiger partial charge is 0.228 e. The van der Waals surface area contributed by atoms with E-state index in [4.69, 9.17) is 5.73 Å². The summed E-state index contributed by atoms with van der Waals surface area (Å²) in [6.45, 7) is 4.54. The first-order valence-electron chi connectivity index (χ1n) is 5.43. The Morgan fingerprint density at radius 2 is 2.12 bits per heavy atom. The molecule has 0 saturated heterocycles. The number of carbonyl (C=O) groups excluding carboxylic acids is 1. The summed E-state index contributed by atoms with van der Waals surface area (Å²) in [5.74, 6) is -0.276. The van der Waals surface area contributed by atoms with E-state index in [1.165, 1.54) is 0 Å². The van der Waals surface area contributed by atoms with Gasteiger partial charge in [-0.3, -0.25) is 4.79 Å². The number of benzene rings is 1. The van der Waals surface area contributed by atoms with Crippen molar-refractivity contribution in [1.82, 2.24) is 5.32 Å². The highest BCUT2D eigenvalue weighted by Crippen LogP contribution is 2.13. The molecule has 0 aromatic heterocycles. The number of amides is 1. The topological polar surface area (TPSA) is 55.1 Å². The molecule has 0 aliphatic heterocycles. The van der Waals surface area contributed by atoms with Gasteiger partial charge in [-0.05, 0) is 12.0 Å². The van der Waals surface area contributed by atoms with Crippen molar-refractivity contribution in [2.75, 3.05) is 13.1 Å². The zero-order valence-corrected chi connectivity index (χ0v) is 9.36. The molecular formula is C13H18N2O. The van der Waals surface area contributed by atoms with Gasteiger partial charge in [0.15, 0.2) is 0 Å². The lowest BCUT2D eigenvalue weighted by Gasteiger charge is -2.14. The van der Waals surface area contributed by atoms with Gasteiger partial charge < -0.3 is 11.1 Å². The molecule has 0 bridgehead atoms. The average Bonchev–Trinajstić information content (AvgIpc) is 2.32. The van der Waals surface area contributed by atoms with Crippen LogP contribution in [0.15, 0.2) is 43.0 Å². The molecule has 1 atom stereocenters. The van der Waals surface area contributed by atoms with E-state index in [1.807, 2.05) is 30.3 Å². The highest BCUT2D eigenvalue weighted by molar-refractivity contribution is 5.83. The Morgan fingerprint density at radius 3 is 2.69 bits per heavy atom. The fourth-order valence-electron chi connectivity index (χ4n) is 1.50. The summed E-state index contributed by atoms with van der Waals surface area (Å²) >= 11 is 0. The summed E-state index contributed by atoms with van der Waals surface area (Å²) in [5.41, 5.74) is 6.59. The van der Waals surface area contributed by atoms with E-state index in [9.17, 15) is 4.79 Å². The van der Waals surface area contributed by atoms with Gasteiger partial charge in [0, 0.05) is 13.1 Å². The molecule has 0 aliphatic carbocycles. The first-order chi connectivity index (χ1) is 7.79. The maximum Gasteiger partial charge on any atom is 0.228 e. The molecule has 3 heteroatoms. The van der Waals surface area contributed by atoms with Crippen molar-refractivity contribution >= 4 is 5.91 Å². The van der Waals surface area contributed by atoms with Gasteiger partial charge in [0.1, 0.15) is 0 Å². The molecule has 0 heterocycles. The second-order valence-corrected chi connectivity index (χ2v) is 3.57. The standard InChI is InChI=1S/C13H18N2O/c1-2-3-9-15-13(16)12(10-14)11-7-5-4-6-8-11/h2,4-8,12H,1,3,9-10,14H2,(H,15,16). The number of hydrogen-bond acceptors (Lipinski definition) is 2. The van der Waals surface area contributed by atoms with Crippen LogP contribution in [0.2, 0.25) is 0 Å². The van der Waals surface area contributed by atoms with Crippen LogP contribution < -0.4 is 11.1 Å². The van der Waals surface area contributed by atoms with Crippen molar-refractivity contribution < 1.29 is 4.79 Å². The molecule has 1 aromatic carbocycles. The minimum absolute atomic E-state index is 0.0180. The zero-order valence-electron chi connectivity index (χ0n) is 9.36. The summed E-state index contributed by atoms with van der Waals surface area (Å²) in [5, 5.41) is 2.84. The Balaban J connectivity index is 2.60. The van der Waals surface area contributed by atoms with Gasteiger partial charge in [-0.2, -0.15) is 0 Å². The molecule has 0 fully saturated rings. The van der Waals surface area contributed by atoms with Crippen molar-refractivity contribution in [3.05, 3.63) is 48.6 Å². The van der Waals surface area contributed by atoms with E-state index in [2.05, 4.69) is 11.9 Å². The van der Waals surface area contributed by atoms with Crippen LogP contribution in [0.5, 0.6) is 0 Å².